The Kier molecular flexibility index (Phi) is 7.96. The molecule has 1 unspecified atom stereocenters. The summed E-state index contributed by atoms with van der Waals surface area (Å²) >= 11 is 5.90. The maximum Gasteiger partial charge on any atom is 0.573 e. The minimum atomic E-state index is -5.55. The van der Waals surface area contributed by atoms with Gasteiger partial charge in [0.2, 0.25) is 0 Å². The molecule has 204 valence electrons. The third-order valence-corrected chi connectivity index (χ3v) is 5.49. The van der Waals surface area contributed by atoms with Crippen LogP contribution in [-0.2, 0) is 14.3 Å². The third-order valence-electron chi connectivity index (χ3n) is 5.24. The average Bonchev–Trinajstić information content (AvgIpc) is 3.18. The minimum Gasteiger partial charge on any atom is -0.465 e. The Bertz CT molecular complexity index is 1250. The number of carbonyl (C=O) groups excluding carboxylic acids is 3. The van der Waals surface area contributed by atoms with Crippen molar-refractivity contribution >= 4 is 40.9 Å². The van der Waals surface area contributed by atoms with Crippen molar-refractivity contribution in [1.29, 1.82) is 0 Å². The molecule has 1 atom stereocenters. The van der Waals surface area contributed by atoms with Gasteiger partial charge in [0, 0.05) is 5.02 Å². The number of halogens is 7. The number of anilines is 1. The Morgan fingerprint density at radius 1 is 1.03 bits per heavy atom. The van der Waals surface area contributed by atoms with Gasteiger partial charge in [-0.05, 0) is 55.8 Å². The molecule has 0 saturated carbocycles. The zero-order valence-electron chi connectivity index (χ0n) is 19.6. The smallest absolute Gasteiger partial charge is 0.465 e. The fraction of sp³-hybridized carbons (Fsp3) is 0.304. The molecular weight excluding hydrogens is 548 g/mol. The summed E-state index contributed by atoms with van der Waals surface area (Å²) in [6, 6.07) is 6.80. The van der Waals surface area contributed by atoms with Gasteiger partial charge in [-0.3, -0.25) is 9.59 Å². The van der Waals surface area contributed by atoms with E-state index in [1.807, 2.05) is 0 Å². The number of urea groups is 1. The van der Waals surface area contributed by atoms with Crippen molar-refractivity contribution in [2.24, 2.45) is 10.5 Å². The Morgan fingerprint density at radius 3 is 2.11 bits per heavy atom. The fourth-order valence-corrected chi connectivity index (χ4v) is 3.67. The Morgan fingerprint density at radius 2 is 1.61 bits per heavy atom. The Labute approximate surface area is 216 Å². The van der Waals surface area contributed by atoms with Crippen molar-refractivity contribution in [3.8, 4) is 5.75 Å². The van der Waals surface area contributed by atoms with E-state index in [0.717, 1.165) is 0 Å². The van der Waals surface area contributed by atoms with Crippen LogP contribution in [0.15, 0.2) is 53.6 Å². The highest BCUT2D eigenvalue weighted by Gasteiger charge is 2.52. The zero-order valence-corrected chi connectivity index (χ0v) is 20.3. The van der Waals surface area contributed by atoms with Gasteiger partial charge in [0.1, 0.15) is 11.2 Å². The van der Waals surface area contributed by atoms with Crippen LogP contribution in [-0.4, -0.2) is 54.3 Å². The van der Waals surface area contributed by atoms with Crippen LogP contribution >= 0.6 is 11.6 Å². The van der Waals surface area contributed by atoms with Gasteiger partial charge in [-0.15, -0.1) is 13.2 Å². The van der Waals surface area contributed by atoms with Crippen LogP contribution in [0.1, 0.15) is 19.4 Å². The summed E-state index contributed by atoms with van der Waals surface area (Å²) in [7, 11) is 0. The summed E-state index contributed by atoms with van der Waals surface area (Å²) < 4.78 is 86.4. The van der Waals surface area contributed by atoms with E-state index in [2.05, 4.69) is 9.84 Å². The first kappa shape index (κ1) is 28.8. The van der Waals surface area contributed by atoms with Crippen molar-refractivity contribution in [2.45, 2.75) is 26.4 Å². The monoisotopic (exact) mass is 565 g/mol. The molecule has 1 heterocycles. The number of hydrogen-bond acceptors (Lipinski definition) is 6. The number of nitrogens with zero attached hydrogens (tertiary/aromatic N) is 3. The summed E-state index contributed by atoms with van der Waals surface area (Å²) in [5.74, 6) is -4.28. The largest absolute Gasteiger partial charge is 0.573 e. The molecule has 2 aromatic rings. The summed E-state index contributed by atoms with van der Waals surface area (Å²) in [5, 5.41) is 4.85. The van der Waals surface area contributed by atoms with Crippen LogP contribution in [0.4, 0.5) is 36.8 Å². The van der Waals surface area contributed by atoms with E-state index in [4.69, 9.17) is 16.3 Å². The van der Waals surface area contributed by atoms with Gasteiger partial charge < -0.3 is 9.47 Å². The van der Waals surface area contributed by atoms with Crippen molar-refractivity contribution in [1.82, 2.24) is 5.01 Å². The van der Waals surface area contributed by atoms with Crippen molar-refractivity contribution in [3.05, 3.63) is 59.1 Å². The molecule has 0 saturated heterocycles. The first-order valence-corrected chi connectivity index (χ1v) is 11.1. The minimum absolute atomic E-state index is 0.0469. The molecule has 0 aromatic heterocycles. The number of rotatable bonds is 5. The molecule has 0 N–H and O–H groups in total. The number of alkyl halides is 6. The van der Waals surface area contributed by atoms with Gasteiger partial charge in [-0.1, -0.05) is 23.7 Å². The molecule has 0 fully saturated rings. The van der Waals surface area contributed by atoms with Gasteiger partial charge in [-0.25, -0.2) is 14.7 Å². The Balaban J connectivity index is 2.06. The molecule has 15 heteroatoms. The second kappa shape index (κ2) is 10.5. The highest BCUT2D eigenvalue weighted by atomic mass is 35.5. The van der Waals surface area contributed by atoms with E-state index in [9.17, 15) is 40.7 Å². The summed E-state index contributed by atoms with van der Waals surface area (Å²) in [6.07, 6.45) is -10.6. The van der Waals surface area contributed by atoms with Crippen LogP contribution in [0.2, 0.25) is 5.02 Å². The van der Waals surface area contributed by atoms with Crippen molar-refractivity contribution in [2.75, 3.05) is 18.1 Å². The van der Waals surface area contributed by atoms with E-state index in [0.29, 0.717) is 39.9 Å². The number of carbonyl (C=O) groups is 3. The lowest BCUT2D eigenvalue weighted by atomic mass is 9.82. The normalized spacial score (nSPS) is 17.6. The van der Waals surface area contributed by atoms with E-state index in [-0.39, 0.29) is 17.2 Å². The maximum atomic E-state index is 13.4. The molecule has 1 aliphatic rings. The van der Waals surface area contributed by atoms with E-state index >= 15 is 0 Å². The molecule has 0 radical (unpaired) electrons. The maximum absolute atomic E-state index is 13.4. The number of benzene rings is 2. The second-order valence-corrected chi connectivity index (χ2v) is 8.46. The molecule has 0 bridgehead atoms. The van der Waals surface area contributed by atoms with Crippen LogP contribution in [0.3, 0.4) is 0 Å². The highest BCUT2D eigenvalue weighted by Crippen LogP contribution is 2.35. The molecule has 0 aliphatic carbocycles. The third kappa shape index (κ3) is 6.18. The molecule has 8 nitrogen and oxygen atoms in total. The molecule has 3 amide bonds. The van der Waals surface area contributed by atoms with Gasteiger partial charge in [0.15, 0.2) is 0 Å². The average molecular weight is 566 g/mol. The van der Waals surface area contributed by atoms with E-state index < -0.39 is 53.8 Å². The van der Waals surface area contributed by atoms with Crippen molar-refractivity contribution in [3.63, 3.8) is 0 Å². The topological polar surface area (TPSA) is 88.5 Å². The standard InChI is InChI=1S/C23H18ClF6N3O5/c1-3-37-19(35)21(2)12-32(31-17(21)13-4-6-14(24)7-5-13)20(36)33(18(34)22(25,26)27)15-8-10-16(11-9-15)38-23(28,29)30/h4-11H,3,12H2,1-2H3. The van der Waals surface area contributed by atoms with Crippen molar-refractivity contribution < 1.29 is 50.2 Å². The summed E-state index contributed by atoms with van der Waals surface area (Å²) in [5.41, 5.74) is -2.13. The molecule has 38 heavy (non-hydrogen) atoms. The summed E-state index contributed by atoms with van der Waals surface area (Å²) in [6.45, 7) is 2.21. The van der Waals surface area contributed by atoms with E-state index in [1.54, 1.807) is 0 Å². The first-order valence-electron chi connectivity index (χ1n) is 10.7. The van der Waals surface area contributed by atoms with Gasteiger partial charge in [0.05, 0.1) is 24.6 Å². The van der Waals surface area contributed by atoms with Gasteiger partial charge in [-0.2, -0.15) is 18.3 Å². The molecule has 1 aliphatic heterocycles. The molecular formula is C23H18ClF6N3O5. The van der Waals surface area contributed by atoms with E-state index in [1.165, 1.54) is 38.1 Å². The van der Waals surface area contributed by atoms with Gasteiger partial charge >= 0.3 is 30.4 Å². The Hall–Kier alpha value is -3.81. The lowest BCUT2D eigenvalue weighted by Crippen LogP contribution is -2.51. The van der Waals surface area contributed by atoms with Crippen LogP contribution in [0.5, 0.6) is 5.75 Å². The fourth-order valence-electron chi connectivity index (χ4n) is 3.54. The number of hydrogen-bond donors (Lipinski definition) is 0. The molecule has 0 spiro atoms. The lowest BCUT2D eigenvalue weighted by Gasteiger charge is -2.27. The predicted octanol–water partition coefficient (Wildman–Crippen LogP) is 5.54. The second-order valence-electron chi connectivity index (χ2n) is 8.03. The van der Waals surface area contributed by atoms with Crippen LogP contribution in [0.25, 0.3) is 0 Å². The quantitative estimate of drug-likeness (QED) is 0.351. The van der Waals surface area contributed by atoms with Crippen LogP contribution in [0, 0.1) is 5.41 Å². The zero-order chi connectivity index (χ0) is 28.5. The first-order chi connectivity index (χ1) is 17.6. The number of imide groups is 1. The number of amides is 3. The number of hydrazone groups is 1. The number of ether oxygens (including phenoxy) is 2. The SMILES string of the molecule is CCOC(=O)C1(C)CN(C(=O)N(C(=O)C(F)(F)F)c2ccc(OC(F)(F)F)cc2)N=C1c1ccc(Cl)cc1. The molecule has 3 rings (SSSR count). The lowest BCUT2D eigenvalue weighted by molar-refractivity contribution is -0.274. The van der Waals surface area contributed by atoms with Crippen LogP contribution < -0.4 is 9.64 Å². The predicted molar refractivity (Wildman–Crippen MR) is 121 cm³/mol. The number of esters is 1. The highest BCUT2D eigenvalue weighted by molar-refractivity contribution is 6.30. The summed E-state index contributed by atoms with van der Waals surface area (Å²) in [4.78, 5) is 38.1. The van der Waals surface area contributed by atoms with Gasteiger partial charge in [0.25, 0.3) is 0 Å². The molecule has 2 aromatic carbocycles.